The molecule has 0 saturated heterocycles. The molecule has 0 bridgehead atoms. The standard InChI is InChI=1S/C16H26O3S.Na.H/c1-2-3-4-5-6-7-8-12-15-19-20(17,18)16-13-10-9-11-14-16;;/h9-11,13-14H,2-8,12,15H2,1H3;;. The van der Waals surface area contributed by atoms with Gasteiger partial charge in [-0.3, -0.25) is 4.18 Å². The molecule has 0 fully saturated rings. The molecule has 0 amide bonds. The van der Waals surface area contributed by atoms with E-state index in [1.807, 2.05) is 0 Å². The Morgan fingerprint density at radius 2 is 1.38 bits per heavy atom. The third-order valence-corrected chi connectivity index (χ3v) is 4.59. The first-order chi connectivity index (χ1) is 9.67. The maximum atomic E-state index is 11.8. The molecule has 0 unspecified atom stereocenters. The van der Waals surface area contributed by atoms with Gasteiger partial charge in [0.2, 0.25) is 0 Å². The summed E-state index contributed by atoms with van der Waals surface area (Å²) < 4.78 is 28.7. The summed E-state index contributed by atoms with van der Waals surface area (Å²) in [7, 11) is -3.57. The Kier molecular flexibility index (Phi) is 12.7. The van der Waals surface area contributed by atoms with Gasteiger partial charge in [-0.1, -0.05) is 70.1 Å². The molecule has 0 aliphatic heterocycles. The molecule has 0 N–H and O–H groups in total. The molecule has 3 nitrogen and oxygen atoms in total. The van der Waals surface area contributed by atoms with Crippen molar-refractivity contribution in [1.82, 2.24) is 0 Å². The van der Waals surface area contributed by atoms with Gasteiger partial charge in [0.25, 0.3) is 10.1 Å². The molecule has 0 radical (unpaired) electrons. The van der Waals surface area contributed by atoms with Crippen molar-refractivity contribution in [2.45, 2.75) is 63.2 Å². The van der Waals surface area contributed by atoms with Gasteiger partial charge in [0.1, 0.15) is 0 Å². The van der Waals surface area contributed by atoms with Crippen molar-refractivity contribution in [3.8, 4) is 0 Å². The number of hydrogen-bond acceptors (Lipinski definition) is 3. The molecular weight excluding hydrogens is 295 g/mol. The van der Waals surface area contributed by atoms with E-state index in [-0.39, 0.29) is 41.1 Å². The van der Waals surface area contributed by atoms with E-state index in [1.165, 1.54) is 38.5 Å². The molecule has 0 aliphatic carbocycles. The predicted molar refractivity (Wildman–Crippen MR) is 89.3 cm³/mol. The van der Waals surface area contributed by atoms with Gasteiger partial charge < -0.3 is 0 Å². The first-order valence-electron chi connectivity index (χ1n) is 7.61. The quantitative estimate of drug-likeness (QED) is 0.353. The zero-order chi connectivity index (χ0) is 14.7. The van der Waals surface area contributed by atoms with Crippen molar-refractivity contribution in [2.24, 2.45) is 0 Å². The maximum absolute atomic E-state index is 11.8. The summed E-state index contributed by atoms with van der Waals surface area (Å²) in [6, 6.07) is 8.31. The molecule has 0 atom stereocenters. The van der Waals surface area contributed by atoms with Gasteiger partial charge in [0, 0.05) is 0 Å². The Morgan fingerprint density at radius 3 is 1.95 bits per heavy atom. The van der Waals surface area contributed by atoms with Crippen LogP contribution in [0.15, 0.2) is 35.2 Å². The fourth-order valence-corrected chi connectivity index (χ4v) is 3.02. The van der Waals surface area contributed by atoms with Crippen molar-refractivity contribution in [2.75, 3.05) is 6.61 Å². The second-order valence-electron chi connectivity index (χ2n) is 5.06. The van der Waals surface area contributed by atoms with Gasteiger partial charge >= 0.3 is 29.6 Å². The molecule has 116 valence electrons. The van der Waals surface area contributed by atoms with Crippen LogP contribution in [0.4, 0.5) is 0 Å². The van der Waals surface area contributed by atoms with Gasteiger partial charge in [-0.2, -0.15) is 8.42 Å². The number of benzene rings is 1. The van der Waals surface area contributed by atoms with Crippen LogP contribution in [-0.4, -0.2) is 44.6 Å². The van der Waals surface area contributed by atoms with E-state index in [1.54, 1.807) is 30.3 Å². The Morgan fingerprint density at radius 1 is 0.857 bits per heavy atom. The molecule has 21 heavy (non-hydrogen) atoms. The molecule has 1 aromatic rings. The second-order valence-corrected chi connectivity index (χ2v) is 6.68. The monoisotopic (exact) mass is 322 g/mol. The SMILES string of the molecule is CCCCCCCCCCOS(=O)(=O)c1ccccc1.[NaH]. The summed E-state index contributed by atoms with van der Waals surface area (Å²) >= 11 is 0. The number of hydrogen-bond donors (Lipinski definition) is 0. The van der Waals surface area contributed by atoms with Crippen LogP contribution in [0.1, 0.15) is 58.3 Å². The fraction of sp³-hybridized carbons (Fsp3) is 0.625. The summed E-state index contributed by atoms with van der Waals surface area (Å²) in [5, 5.41) is 0. The fourth-order valence-electron chi connectivity index (χ4n) is 2.06. The third kappa shape index (κ3) is 9.69. The van der Waals surface area contributed by atoms with Crippen LogP contribution in [0.2, 0.25) is 0 Å². The summed E-state index contributed by atoms with van der Waals surface area (Å²) in [6.45, 7) is 2.50. The summed E-state index contributed by atoms with van der Waals surface area (Å²) in [6.07, 6.45) is 9.44. The van der Waals surface area contributed by atoms with E-state index in [2.05, 4.69) is 6.92 Å². The van der Waals surface area contributed by atoms with Crippen molar-refractivity contribution < 1.29 is 12.6 Å². The summed E-state index contributed by atoms with van der Waals surface area (Å²) in [5.41, 5.74) is 0. The molecule has 5 heteroatoms. The first-order valence-corrected chi connectivity index (χ1v) is 9.02. The normalized spacial score (nSPS) is 11.1. The van der Waals surface area contributed by atoms with E-state index in [4.69, 9.17) is 4.18 Å². The molecule has 0 heterocycles. The van der Waals surface area contributed by atoms with Crippen molar-refractivity contribution in [1.29, 1.82) is 0 Å². The van der Waals surface area contributed by atoms with Gasteiger partial charge in [0.05, 0.1) is 11.5 Å². The zero-order valence-electron chi connectivity index (χ0n) is 12.4. The minimum absolute atomic E-state index is 0. The third-order valence-electron chi connectivity index (χ3n) is 3.27. The van der Waals surface area contributed by atoms with Crippen LogP contribution in [0, 0.1) is 0 Å². The Hall–Kier alpha value is 0.130. The van der Waals surface area contributed by atoms with Crippen molar-refractivity contribution in [3.63, 3.8) is 0 Å². The van der Waals surface area contributed by atoms with Gasteiger partial charge in [-0.15, -0.1) is 0 Å². The number of rotatable bonds is 11. The Labute approximate surface area is 151 Å². The average molecular weight is 322 g/mol. The minimum atomic E-state index is -3.57. The molecule has 0 saturated carbocycles. The van der Waals surface area contributed by atoms with Gasteiger partial charge in [-0.05, 0) is 18.6 Å². The molecule has 0 aromatic heterocycles. The Bertz CT molecular complexity index is 446. The molecule has 0 aliphatic rings. The van der Waals surface area contributed by atoms with Crippen molar-refractivity contribution >= 4 is 39.7 Å². The zero-order valence-corrected chi connectivity index (χ0v) is 13.2. The van der Waals surface area contributed by atoms with Gasteiger partial charge in [0.15, 0.2) is 0 Å². The Balaban J connectivity index is 0.00000400. The average Bonchev–Trinajstić information content (AvgIpc) is 2.46. The number of unbranched alkanes of at least 4 members (excludes halogenated alkanes) is 7. The topological polar surface area (TPSA) is 43.4 Å². The molecule has 0 spiro atoms. The van der Waals surface area contributed by atoms with E-state index >= 15 is 0 Å². The van der Waals surface area contributed by atoms with E-state index in [9.17, 15) is 8.42 Å². The molecular formula is C16H27NaO3S. The van der Waals surface area contributed by atoms with E-state index < -0.39 is 10.1 Å². The van der Waals surface area contributed by atoms with Crippen LogP contribution in [-0.2, 0) is 14.3 Å². The van der Waals surface area contributed by atoms with Crippen molar-refractivity contribution in [3.05, 3.63) is 30.3 Å². The van der Waals surface area contributed by atoms with Gasteiger partial charge in [-0.25, -0.2) is 0 Å². The van der Waals surface area contributed by atoms with E-state index in [0.717, 1.165) is 12.8 Å². The van der Waals surface area contributed by atoms with Crippen LogP contribution in [0.25, 0.3) is 0 Å². The second kappa shape index (κ2) is 12.7. The summed E-state index contributed by atoms with van der Waals surface area (Å²) in [5.74, 6) is 0. The first kappa shape index (κ1) is 21.1. The van der Waals surface area contributed by atoms with E-state index in [0.29, 0.717) is 0 Å². The van der Waals surface area contributed by atoms with Crippen LogP contribution in [0.5, 0.6) is 0 Å². The van der Waals surface area contributed by atoms with Crippen LogP contribution in [0.3, 0.4) is 0 Å². The predicted octanol–water partition coefficient (Wildman–Crippen LogP) is 3.88. The molecule has 1 rings (SSSR count). The van der Waals surface area contributed by atoms with Crippen LogP contribution < -0.4 is 0 Å². The van der Waals surface area contributed by atoms with Crippen LogP contribution >= 0.6 is 0 Å². The summed E-state index contributed by atoms with van der Waals surface area (Å²) in [4.78, 5) is 0.236. The molecule has 1 aromatic carbocycles.